The van der Waals surface area contributed by atoms with Gasteiger partial charge in [0.2, 0.25) is 0 Å². The number of hydrogen-bond acceptors (Lipinski definition) is 3. The van der Waals surface area contributed by atoms with Gasteiger partial charge in [-0.25, -0.2) is 9.78 Å². The summed E-state index contributed by atoms with van der Waals surface area (Å²) in [5.74, 6) is 0. The molecule has 2 rings (SSSR count). The van der Waals surface area contributed by atoms with Gasteiger partial charge in [0.05, 0.1) is 22.9 Å². The van der Waals surface area contributed by atoms with Crippen molar-refractivity contribution in [3.8, 4) is 6.07 Å². The highest BCUT2D eigenvalue weighted by Crippen LogP contribution is 2.35. The summed E-state index contributed by atoms with van der Waals surface area (Å²) in [4.78, 5) is 15.3. The molecule has 5 nitrogen and oxygen atoms in total. The van der Waals surface area contributed by atoms with Crippen LogP contribution in [0, 0.1) is 11.3 Å². The molecule has 1 amide bonds. The van der Waals surface area contributed by atoms with Crippen LogP contribution in [-0.4, -0.2) is 15.6 Å². The fourth-order valence-electron chi connectivity index (χ4n) is 1.52. The second-order valence-electron chi connectivity index (χ2n) is 3.77. The molecule has 0 unspecified atom stereocenters. The van der Waals surface area contributed by atoms with Gasteiger partial charge >= 0.3 is 12.2 Å². The summed E-state index contributed by atoms with van der Waals surface area (Å²) in [7, 11) is 0. The monoisotopic (exact) mass is 280 g/mol. The maximum atomic E-state index is 12.9. The van der Waals surface area contributed by atoms with Crippen LogP contribution in [0.15, 0.2) is 36.9 Å². The lowest BCUT2D eigenvalue weighted by Crippen LogP contribution is -2.20. The molecule has 0 aliphatic rings. The molecule has 20 heavy (non-hydrogen) atoms. The molecule has 1 aromatic carbocycles. The first-order chi connectivity index (χ1) is 9.41. The lowest BCUT2D eigenvalue weighted by molar-refractivity contribution is -0.136. The molecule has 0 bridgehead atoms. The lowest BCUT2D eigenvalue weighted by Gasteiger charge is -2.14. The molecule has 2 aromatic rings. The maximum Gasteiger partial charge on any atom is 0.418 e. The van der Waals surface area contributed by atoms with Gasteiger partial charge in [-0.15, -0.1) is 0 Å². The predicted molar refractivity (Wildman–Crippen MR) is 62.8 cm³/mol. The normalized spacial score (nSPS) is 10.9. The molecule has 0 radical (unpaired) electrons. The first-order valence-corrected chi connectivity index (χ1v) is 5.32. The number of carbonyl (C=O) groups is 1. The number of hydrogen-bond donors (Lipinski definition) is 1. The number of nitriles is 1. The summed E-state index contributed by atoms with van der Waals surface area (Å²) in [5, 5.41) is 10.8. The van der Waals surface area contributed by atoms with E-state index in [1.54, 1.807) is 6.07 Å². The minimum Gasteiger partial charge on any atom is -0.307 e. The number of anilines is 1. The molecular weight excluding hydrogens is 273 g/mol. The van der Waals surface area contributed by atoms with E-state index in [-0.39, 0.29) is 5.56 Å². The summed E-state index contributed by atoms with van der Waals surface area (Å²) in [5.41, 5.74) is -1.64. The van der Waals surface area contributed by atoms with Crippen LogP contribution in [0.4, 0.5) is 23.7 Å². The third-order valence-corrected chi connectivity index (χ3v) is 2.43. The van der Waals surface area contributed by atoms with Crippen LogP contribution in [0.3, 0.4) is 0 Å². The van der Waals surface area contributed by atoms with Crippen LogP contribution in [0.25, 0.3) is 0 Å². The number of nitrogens with one attached hydrogen (secondary N) is 1. The number of carbonyl (C=O) groups excluding carboxylic acids is 1. The number of nitrogens with zero attached hydrogens (tertiary/aromatic N) is 3. The Bertz CT molecular complexity index is 671. The van der Waals surface area contributed by atoms with Gasteiger partial charge in [-0.1, -0.05) is 0 Å². The molecular formula is C12H7F3N4O. The molecule has 102 valence electrons. The van der Waals surface area contributed by atoms with E-state index in [4.69, 9.17) is 5.26 Å². The van der Waals surface area contributed by atoms with Crippen molar-refractivity contribution in [1.82, 2.24) is 9.55 Å². The van der Waals surface area contributed by atoms with Gasteiger partial charge < -0.3 is 5.32 Å². The molecule has 1 heterocycles. The Morgan fingerprint density at radius 2 is 2.15 bits per heavy atom. The molecule has 0 aliphatic heterocycles. The minimum absolute atomic E-state index is 0.141. The van der Waals surface area contributed by atoms with E-state index in [0.29, 0.717) is 6.07 Å². The van der Waals surface area contributed by atoms with Gasteiger partial charge in [-0.2, -0.15) is 18.4 Å². The van der Waals surface area contributed by atoms with Gasteiger partial charge in [-0.05, 0) is 18.2 Å². The van der Waals surface area contributed by atoms with Crippen LogP contribution in [0.2, 0.25) is 0 Å². The van der Waals surface area contributed by atoms with Crippen molar-refractivity contribution >= 4 is 11.7 Å². The van der Waals surface area contributed by atoms with Crippen LogP contribution in [-0.2, 0) is 6.18 Å². The van der Waals surface area contributed by atoms with Crippen molar-refractivity contribution in [2.45, 2.75) is 6.18 Å². The zero-order chi connectivity index (χ0) is 14.8. The number of amides is 1. The number of benzene rings is 1. The summed E-state index contributed by atoms with van der Waals surface area (Å²) < 4.78 is 39.6. The molecule has 0 atom stereocenters. The van der Waals surface area contributed by atoms with Crippen molar-refractivity contribution in [2.75, 3.05) is 5.32 Å². The molecule has 8 heteroatoms. The van der Waals surface area contributed by atoms with E-state index < -0.39 is 23.5 Å². The largest absolute Gasteiger partial charge is 0.418 e. The van der Waals surface area contributed by atoms with Crippen LogP contribution < -0.4 is 5.32 Å². The third-order valence-electron chi connectivity index (χ3n) is 2.43. The van der Waals surface area contributed by atoms with E-state index in [1.807, 2.05) is 0 Å². The lowest BCUT2D eigenvalue weighted by atomic mass is 10.1. The van der Waals surface area contributed by atoms with Crippen molar-refractivity contribution < 1.29 is 18.0 Å². The Morgan fingerprint density at radius 3 is 2.70 bits per heavy atom. The fourth-order valence-corrected chi connectivity index (χ4v) is 1.52. The zero-order valence-electron chi connectivity index (χ0n) is 9.85. The van der Waals surface area contributed by atoms with Crippen LogP contribution >= 0.6 is 0 Å². The summed E-state index contributed by atoms with van der Waals surface area (Å²) in [6.07, 6.45) is -0.897. The van der Waals surface area contributed by atoms with E-state index in [9.17, 15) is 18.0 Å². The topological polar surface area (TPSA) is 70.7 Å². The number of alkyl halides is 3. The Balaban J connectivity index is 2.37. The molecule has 1 aromatic heterocycles. The van der Waals surface area contributed by atoms with E-state index >= 15 is 0 Å². The predicted octanol–water partition coefficient (Wildman–Crippen LogP) is 2.85. The van der Waals surface area contributed by atoms with Gasteiger partial charge in [-0.3, -0.25) is 4.57 Å². The Kier molecular flexibility index (Phi) is 3.43. The molecule has 0 fully saturated rings. The third kappa shape index (κ3) is 2.77. The van der Waals surface area contributed by atoms with Crippen molar-refractivity contribution in [1.29, 1.82) is 5.26 Å². The number of halogens is 3. The van der Waals surface area contributed by atoms with Gasteiger partial charge in [0.15, 0.2) is 0 Å². The Labute approximate surface area is 111 Å². The molecule has 0 saturated carbocycles. The number of rotatable bonds is 1. The zero-order valence-corrected chi connectivity index (χ0v) is 9.85. The van der Waals surface area contributed by atoms with Gasteiger partial charge in [0.25, 0.3) is 0 Å². The summed E-state index contributed by atoms with van der Waals surface area (Å²) in [6, 6.07) is 3.75. The quantitative estimate of drug-likeness (QED) is 0.873. The van der Waals surface area contributed by atoms with Crippen LogP contribution in [0.1, 0.15) is 11.1 Å². The van der Waals surface area contributed by atoms with E-state index in [0.717, 1.165) is 17.0 Å². The SMILES string of the molecule is N#Cc1ccc(NC(=O)n2ccnc2)c(C(F)(F)F)c1. The minimum atomic E-state index is -4.68. The molecule has 0 spiro atoms. The van der Waals surface area contributed by atoms with E-state index in [2.05, 4.69) is 10.3 Å². The average Bonchev–Trinajstić information content (AvgIpc) is 2.91. The molecule has 1 N–H and O–H groups in total. The average molecular weight is 280 g/mol. The first kappa shape index (κ1) is 13.6. The molecule has 0 aliphatic carbocycles. The smallest absolute Gasteiger partial charge is 0.307 e. The molecule has 0 saturated heterocycles. The summed E-state index contributed by atoms with van der Waals surface area (Å²) >= 11 is 0. The van der Waals surface area contributed by atoms with Gasteiger partial charge in [0.1, 0.15) is 6.33 Å². The van der Waals surface area contributed by atoms with Crippen molar-refractivity contribution in [2.24, 2.45) is 0 Å². The maximum absolute atomic E-state index is 12.9. The highest BCUT2D eigenvalue weighted by Gasteiger charge is 2.34. The highest BCUT2D eigenvalue weighted by atomic mass is 19.4. The Hall–Kier alpha value is -2.82. The van der Waals surface area contributed by atoms with Crippen molar-refractivity contribution in [3.63, 3.8) is 0 Å². The number of imidazole rings is 1. The second-order valence-corrected chi connectivity index (χ2v) is 3.77. The fraction of sp³-hybridized carbons (Fsp3) is 0.0833. The summed E-state index contributed by atoms with van der Waals surface area (Å²) in [6.45, 7) is 0. The highest BCUT2D eigenvalue weighted by molar-refractivity contribution is 5.91. The number of aromatic nitrogens is 2. The van der Waals surface area contributed by atoms with Crippen LogP contribution in [0.5, 0.6) is 0 Å². The first-order valence-electron chi connectivity index (χ1n) is 5.32. The second kappa shape index (κ2) is 5.05. The van der Waals surface area contributed by atoms with Crippen molar-refractivity contribution in [3.05, 3.63) is 48.0 Å². The van der Waals surface area contributed by atoms with Gasteiger partial charge in [0, 0.05) is 12.4 Å². The standard InChI is InChI=1S/C12H7F3N4O/c13-12(14,15)9-5-8(6-16)1-2-10(9)18-11(20)19-4-3-17-7-19/h1-5,7H,(H,18,20). The Morgan fingerprint density at radius 1 is 1.40 bits per heavy atom. The van der Waals surface area contributed by atoms with E-state index in [1.165, 1.54) is 18.5 Å².